The van der Waals surface area contributed by atoms with Crippen LogP contribution in [0, 0.1) is 13.8 Å². The van der Waals surface area contributed by atoms with Crippen molar-refractivity contribution in [2.75, 3.05) is 0 Å². The van der Waals surface area contributed by atoms with Crippen LogP contribution in [0.4, 0.5) is 0 Å². The lowest BCUT2D eigenvalue weighted by molar-refractivity contribution is 1.45. The number of aryl methyl sites for hydroxylation is 2. The third kappa shape index (κ3) is 2.83. The Balaban J connectivity index is 2.21. The molecule has 0 aliphatic heterocycles. The first-order chi connectivity index (χ1) is 7.74. The van der Waals surface area contributed by atoms with Crippen molar-refractivity contribution < 1.29 is 0 Å². The monoisotopic (exact) mass is 208 g/mol. The van der Waals surface area contributed by atoms with E-state index in [1.807, 2.05) is 0 Å². The van der Waals surface area contributed by atoms with Crippen molar-refractivity contribution in [2.45, 2.75) is 13.8 Å². The molecule has 0 aromatic heterocycles. The molecule has 0 heteroatoms. The summed E-state index contributed by atoms with van der Waals surface area (Å²) >= 11 is 0. The Hall–Kier alpha value is -1.82. The molecule has 16 heavy (non-hydrogen) atoms. The summed E-state index contributed by atoms with van der Waals surface area (Å²) in [5, 5.41) is 0. The van der Waals surface area contributed by atoms with E-state index in [9.17, 15) is 0 Å². The first-order valence-electron chi connectivity index (χ1n) is 5.55. The van der Waals surface area contributed by atoms with Gasteiger partial charge >= 0.3 is 0 Å². The number of benzene rings is 2. The van der Waals surface area contributed by atoms with Crippen LogP contribution in [0.25, 0.3) is 12.2 Å². The zero-order chi connectivity index (χ0) is 11.4. The Morgan fingerprint density at radius 3 is 1.50 bits per heavy atom. The van der Waals surface area contributed by atoms with Gasteiger partial charge in [-0.25, -0.2) is 0 Å². The minimum atomic E-state index is 1.25. The number of hydrogen-bond donors (Lipinski definition) is 0. The quantitative estimate of drug-likeness (QED) is 0.638. The van der Waals surface area contributed by atoms with Crippen LogP contribution in [-0.2, 0) is 0 Å². The Morgan fingerprint density at radius 1 is 0.688 bits per heavy atom. The van der Waals surface area contributed by atoms with Crippen molar-refractivity contribution in [3.05, 3.63) is 70.8 Å². The van der Waals surface area contributed by atoms with E-state index in [1.165, 1.54) is 22.3 Å². The second-order valence-corrected chi connectivity index (χ2v) is 4.16. The van der Waals surface area contributed by atoms with Gasteiger partial charge in [-0.3, -0.25) is 0 Å². The van der Waals surface area contributed by atoms with Gasteiger partial charge in [0.1, 0.15) is 0 Å². The second kappa shape index (κ2) is 4.80. The zero-order valence-corrected chi connectivity index (χ0v) is 9.77. The molecule has 0 saturated carbocycles. The van der Waals surface area contributed by atoms with Crippen molar-refractivity contribution >= 4 is 12.2 Å². The third-order valence-corrected chi connectivity index (χ3v) is 2.55. The summed E-state index contributed by atoms with van der Waals surface area (Å²) in [4.78, 5) is 0. The lowest BCUT2D eigenvalue weighted by Gasteiger charge is -1.97. The molecule has 0 aliphatic rings. The summed E-state index contributed by atoms with van der Waals surface area (Å²) in [7, 11) is 0. The largest absolute Gasteiger partial charge is 0.0614 e. The standard InChI is InChI=1S/C16H16/c1-13-5-3-7-15(11-13)9-10-16-8-4-6-14(2)12-16/h3-12H,1-2H3. The highest BCUT2D eigenvalue weighted by Crippen LogP contribution is 2.11. The normalized spacial score (nSPS) is 10.9. The first-order valence-corrected chi connectivity index (χ1v) is 5.55. The molecule has 0 atom stereocenters. The van der Waals surface area contributed by atoms with E-state index in [0.717, 1.165) is 0 Å². The minimum Gasteiger partial charge on any atom is -0.0614 e. The molecule has 0 unspecified atom stereocenters. The van der Waals surface area contributed by atoms with E-state index in [0.29, 0.717) is 0 Å². The molecular weight excluding hydrogens is 192 g/mol. The van der Waals surface area contributed by atoms with Gasteiger partial charge in [0.2, 0.25) is 0 Å². The van der Waals surface area contributed by atoms with Crippen LogP contribution in [0.5, 0.6) is 0 Å². The van der Waals surface area contributed by atoms with Crippen molar-refractivity contribution in [2.24, 2.45) is 0 Å². The average Bonchev–Trinajstić information content (AvgIpc) is 2.27. The van der Waals surface area contributed by atoms with E-state index in [-0.39, 0.29) is 0 Å². The van der Waals surface area contributed by atoms with Crippen LogP contribution < -0.4 is 0 Å². The second-order valence-electron chi connectivity index (χ2n) is 4.16. The third-order valence-electron chi connectivity index (χ3n) is 2.55. The number of rotatable bonds is 2. The van der Waals surface area contributed by atoms with E-state index >= 15 is 0 Å². The van der Waals surface area contributed by atoms with Crippen LogP contribution in [0.1, 0.15) is 22.3 Å². The van der Waals surface area contributed by atoms with Gasteiger partial charge in [0.25, 0.3) is 0 Å². The lowest BCUT2D eigenvalue weighted by Crippen LogP contribution is -1.76. The van der Waals surface area contributed by atoms with Gasteiger partial charge in [0.05, 0.1) is 0 Å². The molecule has 80 valence electrons. The Morgan fingerprint density at radius 2 is 1.12 bits per heavy atom. The molecular formula is C16H16. The summed E-state index contributed by atoms with van der Waals surface area (Å²) in [6.45, 7) is 4.23. The van der Waals surface area contributed by atoms with Crippen molar-refractivity contribution in [3.63, 3.8) is 0 Å². The van der Waals surface area contributed by atoms with Crippen LogP contribution in [0.3, 0.4) is 0 Å². The van der Waals surface area contributed by atoms with Gasteiger partial charge < -0.3 is 0 Å². The van der Waals surface area contributed by atoms with Gasteiger partial charge in [-0.05, 0) is 25.0 Å². The molecule has 0 fully saturated rings. The van der Waals surface area contributed by atoms with Gasteiger partial charge in [-0.15, -0.1) is 0 Å². The molecule has 0 N–H and O–H groups in total. The summed E-state index contributed by atoms with van der Waals surface area (Å²) in [5.41, 5.74) is 5.10. The maximum Gasteiger partial charge on any atom is -0.0254 e. The fourth-order valence-corrected chi connectivity index (χ4v) is 1.74. The molecule has 0 radical (unpaired) electrons. The zero-order valence-electron chi connectivity index (χ0n) is 9.77. The molecule has 0 spiro atoms. The highest BCUT2D eigenvalue weighted by Gasteiger charge is 1.89. The molecule has 0 saturated heterocycles. The summed E-state index contributed by atoms with van der Waals surface area (Å²) < 4.78 is 0. The summed E-state index contributed by atoms with van der Waals surface area (Å²) in [6, 6.07) is 17.0. The average molecular weight is 208 g/mol. The fraction of sp³-hybridized carbons (Fsp3) is 0.125. The maximum absolute atomic E-state index is 2.19. The van der Waals surface area contributed by atoms with E-state index in [1.54, 1.807) is 0 Å². The highest BCUT2D eigenvalue weighted by atomic mass is 13.9. The fourth-order valence-electron chi connectivity index (χ4n) is 1.74. The van der Waals surface area contributed by atoms with Crippen LogP contribution in [0.15, 0.2) is 48.5 Å². The Kier molecular flexibility index (Phi) is 3.21. The number of hydrogen-bond acceptors (Lipinski definition) is 0. The van der Waals surface area contributed by atoms with Crippen LogP contribution in [-0.4, -0.2) is 0 Å². The van der Waals surface area contributed by atoms with Gasteiger partial charge in [-0.2, -0.15) is 0 Å². The minimum absolute atomic E-state index is 1.25. The summed E-state index contributed by atoms with van der Waals surface area (Å²) in [5.74, 6) is 0. The van der Waals surface area contributed by atoms with E-state index < -0.39 is 0 Å². The van der Waals surface area contributed by atoms with Crippen molar-refractivity contribution in [3.8, 4) is 0 Å². The van der Waals surface area contributed by atoms with Crippen molar-refractivity contribution in [1.29, 1.82) is 0 Å². The predicted octanol–water partition coefficient (Wildman–Crippen LogP) is 4.47. The maximum atomic E-state index is 2.19. The van der Waals surface area contributed by atoms with Gasteiger partial charge in [0.15, 0.2) is 0 Å². The first kappa shape index (κ1) is 10.7. The van der Waals surface area contributed by atoms with E-state index in [4.69, 9.17) is 0 Å². The van der Waals surface area contributed by atoms with Crippen LogP contribution >= 0.6 is 0 Å². The highest BCUT2D eigenvalue weighted by molar-refractivity contribution is 5.70. The molecule has 2 rings (SSSR count). The van der Waals surface area contributed by atoms with Gasteiger partial charge in [-0.1, -0.05) is 71.8 Å². The predicted molar refractivity (Wildman–Crippen MR) is 71.3 cm³/mol. The summed E-state index contributed by atoms with van der Waals surface area (Å²) in [6.07, 6.45) is 4.31. The molecule has 2 aromatic carbocycles. The molecule has 0 nitrogen and oxygen atoms in total. The SMILES string of the molecule is Cc1cccc(C=Cc2cccc(C)c2)c1. The smallest absolute Gasteiger partial charge is 0.0254 e. The van der Waals surface area contributed by atoms with E-state index in [2.05, 4.69) is 74.5 Å². The van der Waals surface area contributed by atoms with Crippen LogP contribution in [0.2, 0.25) is 0 Å². The topological polar surface area (TPSA) is 0 Å². The van der Waals surface area contributed by atoms with Crippen molar-refractivity contribution in [1.82, 2.24) is 0 Å². The molecule has 0 heterocycles. The Labute approximate surface area is 97.3 Å². The molecule has 2 aromatic rings. The molecule has 0 aliphatic carbocycles. The molecule has 0 bridgehead atoms. The van der Waals surface area contributed by atoms with Gasteiger partial charge in [0, 0.05) is 0 Å². The Bertz CT molecular complexity index is 459. The lowest BCUT2D eigenvalue weighted by atomic mass is 10.1. The molecule has 0 amide bonds.